The van der Waals surface area contributed by atoms with Gasteiger partial charge in [0.1, 0.15) is 17.3 Å². The van der Waals surface area contributed by atoms with E-state index in [2.05, 4.69) is 26.0 Å². The molecule has 0 bridgehead atoms. The van der Waals surface area contributed by atoms with E-state index in [9.17, 15) is 4.39 Å². The van der Waals surface area contributed by atoms with Gasteiger partial charge in [0.25, 0.3) is 0 Å². The summed E-state index contributed by atoms with van der Waals surface area (Å²) >= 11 is 0. The van der Waals surface area contributed by atoms with E-state index in [1.54, 1.807) is 17.1 Å². The number of hydrazine groups is 1. The zero-order valence-electron chi connectivity index (χ0n) is 16.3. The molecule has 2 aromatic rings. The molecule has 0 saturated heterocycles. The van der Waals surface area contributed by atoms with E-state index in [1.165, 1.54) is 23.3 Å². The van der Waals surface area contributed by atoms with Gasteiger partial charge < -0.3 is 4.74 Å². The molecule has 2 N–H and O–H groups in total. The summed E-state index contributed by atoms with van der Waals surface area (Å²) in [4.78, 5) is 0. The maximum Gasteiger partial charge on any atom is 0.126 e. The predicted molar refractivity (Wildman–Crippen MR) is 111 cm³/mol. The van der Waals surface area contributed by atoms with Crippen LogP contribution in [0.25, 0.3) is 0 Å². The van der Waals surface area contributed by atoms with E-state index in [-0.39, 0.29) is 11.2 Å². The predicted octanol–water partition coefficient (Wildman–Crippen LogP) is 5.87. The van der Waals surface area contributed by atoms with Crippen molar-refractivity contribution in [2.45, 2.75) is 33.1 Å². The number of halogens is 1. The topological polar surface area (TPSA) is 38.5 Å². The normalized spacial score (nSPS) is 21.6. The van der Waals surface area contributed by atoms with Gasteiger partial charge in [0.2, 0.25) is 0 Å². The monoisotopic (exact) mass is 376 g/mol. The molecule has 0 aromatic heterocycles. The fourth-order valence-electron chi connectivity index (χ4n) is 4.15. The third-order valence-electron chi connectivity index (χ3n) is 5.70. The summed E-state index contributed by atoms with van der Waals surface area (Å²) in [6.07, 6.45) is 7.15. The number of benzene rings is 2. The number of ether oxygens (including phenoxy) is 1. The molecule has 0 spiro atoms. The lowest BCUT2D eigenvalue weighted by Crippen LogP contribution is -2.36. The maximum absolute atomic E-state index is 13.3. The van der Waals surface area contributed by atoms with Crippen molar-refractivity contribution in [2.75, 3.05) is 5.01 Å². The van der Waals surface area contributed by atoms with Crippen molar-refractivity contribution in [3.05, 3.63) is 95.2 Å². The minimum absolute atomic E-state index is 0.175. The lowest BCUT2D eigenvalue weighted by Gasteiger charge is -2.42. The lowest BCUT2D eigenvalue weighted by molar-refractivity contribution is 0.268. The van der Waals surface area contributed by atoms with Crippen LogP contribution in [0.2, 0.25) is 0 Å². The van der Waals surface area contributed by atoms with Crippen molar-refractivity contribution >= 4 is 5.69 Å². The summed E-state index contributed by atoms with van der Waals surface area (Å²) in [6, 6.07) is 16.2. The molecule has 144 valence electrons. The van der Waals surface area contributed by atoms with Gasteiger partial charge in [-0.15, -0.1) is 0 Å². The van der Waals surface area contributed by atoms with Crippen LogP contribution >= 0.6 is 0 Å². The largest absolute Gasteiger partial charge is 0.461 e. The molecule has 3 nitrogen and oxygen atoms in total. The first-order valence-corrected chi connectivity index (χ1v) is 9.62. The molecule has 2 aliphatic carbocycles. The highest BCUT2D eigenvalue weighted by Crippen LogP contribution is 2.50. The Bertz CT molecular complexity index is 960. The third-order valence-corrected chi connectivity index (χ3v) is 5.70. The van der Waals surface area contributed by atoms with Crippen LogP contribution in [0.3, 0.4) is 0 Å². The number of allylic oxidation sites excluding steroid dienone is 4. The van der Waals surface area contributed by atoms with Crippen molar-refractivity contribution in [3.8, 4) is 5.75 Å². The quantitative estimate of drug-likeness (QED) is 0.535. The van der Waals surface area contributed by atoms with Gasteiger partial charge in [-0.1, -0.05) is 23.8 Å². The number of rotatable bonds is 4. The first-order valence-electron chi connectivity index (χ1n) is 9.62. The first kappa shape index (κ1) is 18.5. The molecule has 0 heterocycles. The molecule has 4 rings (SSSR count). The molecule has 4 heteroatoms. The van der Waals surface area contributed by atoms with Gasteiger partial charge in [-0.2, -0.15) is 0 Å². The van der Waals surface area contributed by atoms with E-state index < -0.39 is 0 Å². The van der Waals surface area contributed by atoms with Crippen molar-refractivity contribution in [2.24, 2.45) is 11.3 Å². The van der Waals surface area contributed by atoms with E-state index in [0.29, 0.717) is 0 Å². The van der Waals surface area contributed by atoms with E-state index in [4.69, 9.17) is 10.6 Å². The average molecular weight is 376 g/mol. The number of nitrogens with two attached hydrogens (primary N) is 1. The Morgan fingerprint density at radius 3 is 2.50 bits per heavy atom. The van der Waals surface area contributed by atoms with Crippen molar-refractivity contribution < 1.29 is 9.13 Å². The highest BCUT2D eigenvalue weighted by molar-refractivity contribution is 5.57. The van der Waals surface area contributed by atoms with E-state index in [0.717, 1.165) is 42.2 Å². The fraction of sp³-hybridized carbons (Fsp3) is 0.250. The molecular weight excluding hydrogens is 351 g/mol. The van der Waals surface area contributed by atoms with Gasteiger partial charge in [-0.05, 0) is 87.2 Å². The summed E-state index contributed by atoms with van der Waals surface area (Å²) in [6.45, 7) is 4.35. The zero-order valence-corrected chi connectivity index (χ0v) is 16.3. The van der Waals surface area contributed by atoms with E-state index in [1.807, 2.05) is 30.3 Å². The minimum atomic E-state index is -0.266. The molecule has 0 amide bonds. The molecule has 0 radical (unpaired) electrons. The number of anilines is 1. The van der Waals surface area contributed by atoms with Crippen LogP contribution in [0, 0.1) is 11.2 Å². The third kappa shape index (κ3) is 3.36. The number of nitrogens with zero attached hydrogens (tertiary/aromatic N) is 1. The minimum Gasteiger partial charge on any atom is -0.461 e. The fourth-order valence-corrected chi connectivity index (χ4v) is 4.15. The molecule has 2 aliphatic rings. The second-order valence-corrected chi connectivity index (χ2v) is 7.71. The average Bonchev–Trinajstić information content (AvgIpc) is 2.69. The SMILES string of the molecule is CC1=C(N(N)c2ccc(F)cc2)C=C2CCC=C(Oc3ccccc3)[C@@]2(C)C1. The lowest BCUT2D eigenvalue weighted by atomic mass is 9.67. The van der Waals surface area contributed by atoms with Crippen LogP contribution < -0.4 is 15.6 Å². The van der Waals surface area contributed by atoms with Crippen molar-refractivity contribution in [3.63, 3.8) is 0 Å². The van der Waals surface area contributed by atoms with E-state index >= 15 is 0 Å². The Hall–Kier alpha value is -2.85. The van der Waals surface area contributed by atoms with Crippen LogP contribution in [0.1, 0.15) is 33.1 Å². The Morgan fingerprint density at radius 2 is 1.79 bits per heavy atom. The number of para-hydroxylation sites is 1. The molecule has 1 atom stereocenters. The van der Waals surface area contributed by atoms with Gasteiger partial charge in [0.05, 0.1) is 16.8 Å². The number of hydrogen-bond acceptors (Lipinski definition) is 3. The smallest absolute Gasteiger partial charge is 0.126 e. The highest BCUT2D eigenvalue weighted by Gasteiger charge is 2.40. The molecule has 2 aromatic carbocycles. The first-order chi connectivity index (χ1) is 13.5. The standard InChI is InChI=1S/C24H25FN2O/c1-17-16-24(2)18(7-6-10-23(24)28-21-8-4-3-5-9-21)15-22(17)27(26)20-13-11-19(25)12-14-20/h3-5,8-15H,6-7,16,26H2,1-2H3/t24-/m0/s1. The zero-order chi connectivity index (χ0) is 19.7. The van der Waals surface area contributed by atoms with Crippen LogP contribution in [-0.2, 0) is 0 Å². The van der Waals surface area contributed by atoms with Crippen LogP contribution in [0.15, 0.2) is 89.4 Å². The molecular formula is C24H25FN2O. The van der Waals surface area contributed by atoms with Gasteiger partial charge in [-0.3, -0.25) is 5.01 Å². The van der Waals surface area contributed by atoms with Crippen LogP contribution in [0.4, 0.5) is 10.1 Å². The van der Waals surface area contributed by atoms with Crippen molar-refractivity contribution in [1.29, 1.82) is 0 Å². The highest BCUT2D eigenvalue weighted by atomic mass is 19.1. The van der Waals surface area contributed by atoms with Gasteiger partial charge in [0, 0.05) is 0 Å². The van der Waals surface area contributed by atoms with Gasteiger partial charge in [0.15, 0.2) is 0 Å². The Labute approximate surface area is 165 Å². The van der Waals surface area contributed by atoms with Crippen molar-refractivity contribution in [1.82, 2.24) is 0 Å². The van der Waals surface area contributed by atoms with Crippen LogP contribution in [0.5, 0.6) is 5.75 Å². The molecule has 28 heavy (non-hydrogen) atoms. The maximum atomic E-state index is 13.3. The Balaban J connectivity index is 1.63. The number of hydrogen-bond donors (Lipinski definition) is 1. The molecule has 0 fully saturated rings. The van der Waals surface area contributed by atoms with Crippen LogP contribution in [-0.4, -0.2) is 0 Å². The second kappa shape index (κ2) is 7.28. The summed E-state index contributed by atoms with van der Waals surface area (Å²) < 4.78 is 19.5. The number of fused-ring (bicyclic) bond motifs is 1. The Morgan fingerprint density at radius 1 is 1.07 bits per heavy atom. The summed E-state index contributed by atoms with van der Waals surface area (Å²) in [7, 11) is 0. The molecule has 0 aliphatic heterocycles. The van der Waals surface area contributed by atoms with Gasteiger partial charge in [-0.25, -0.2) is 10.2 Å². The summed E-state index contributed by atoms with van der Waals surface area (Å²) in [5.41, 5.74) is 4.07. The Kier molecular flexibility index (Phi) is 4.82. The summed E-state index contributed by atoms with van der Waals surface area (Å²) in [5.74, 6) is 7.99. The summed E-state index contributed by atoms with van der Waals surface area (Å²) in [5, 5.41) is 1.65. The second-order valence-electron chi connectivity index (χ2n) is 7.71. The molecule has 0 saturated carbocycles. The molecule has 0 unspecified atom stereocenters. The van der Waals surface area contributed by atoms with Gasteiger partial charge >= 0.3 is 0 Å².